The number of halogens is 2. The Hall–Kier alpha value is -1.13. The lowest BCUT2D eigenvalue weighted by Crippen LogP contribution is -2.40. The van der Waals surface area contributed by atoms with Crippen LogP contribution in [0, 0.1) is 3.95 Å². The number of amides is 3. The number of carbonyl (C=O) groups excluding carboxylic acids is 2. The Bertz CT molecular complexity index is 822. The Morgan fingerprint density at radius 2 is 2.12 bits per heavy atom. The largest absolute Gasteiger partial charge is 0.338 e. The van der Waals surface area contributed by atoms with Crippen molar-refractivity contribution >= 4 is 70.5 Å². The van der Waals surface area contributed by atoms with Gasteiger partial charge in [-0.1, -0.05) is 46.3 Å². The van der Waals surface area contributed by atoms with Crippen LogP contribution in [0.25, 0.3) is 5.69 Å². The highest BCUT2D eigenvalue weighted by atomic mass is 35.5. The zero-order chi connectivity index (χ0) is 17.7. The molecular weight excluding hydrogens is 411 g/mol. The van der Waals surface area contributed by atoms with Gasteiger partial charge in [-0.05, 0) is 37.3 Å². The number of rotatable bonds is 5. The topological polar surface area (TPSA) is 76.0 Å². The minimum Gasteiger partial charge on any atom is -0.338 e. The van der Waals surface area contributed by atoms with Crippen LogP contribution in [0.4, 0.5) is 4.79 Å². The molecule has 0 saturated carbocycles. The van der Waals surface area contributed by atoms with Gasteiger partial charge >= 0.3 is 6.03 Å². The molecule has 0 aliphatic rings. The molecule has 128 valence electrons. The molecule has 0 aliphatic carbocycles. The number of hydrogen-bond donors (Lipinski definition) is 2. The first-order chi connectivity index (χ1) is 11.4. The SMILES string of the molecule is CCNC(=O)NC(=O)CSc1nn(-c2ccc(Cl)c(Cl)c2)c(=S)s1. The quantitative estimate of drug-likeness (QED) is 0.564. The summed E-state index contributed by atoms with van der Waals surface area (Å²) in [6, 6.07) is 4.56. The van der Waals surface area contributed by atoms with Gasteiger partial charge < -0.3 is 5.32 Å². The van der Waals surface area contributed by atoms with Crippen LogP contribution in [0.3, 0.4) is 0 Å². The van der Waals surface area contributed by atoms with Gasteiger partial charge in [0.05, 0.1) is 21.5 Å². The summed E-state index contributed by atoms with van der Waals surface area (Å²) < 4.78 is 2.67. The van der Waals surface area contributed by atoms with Crippen LogP contribution in [0.5, 0.6) is 0 Å². The lowest BCUT2D eigenvalue weighted by atomic mass is 10.3. The van der Waals surface area contributed by atoms with Crippen molar-refractivity contribution in [2.75, 3.05) is 12.3 Å². The number of urea groups is 1. The number of benzene rings is 1. The molecule has 2 aromatic rings. The maximum Gasteiger partial charge on any atom is 0.321 e. The first-order valence-corrected chi connectivity index (χ1v) is 9.63. The van der Waals surface area contributed by atoms with Crippen molar-refractivity contribution < 1.29 is 9.59 Å². The van der Waals surface area contributed by atoms with Crippen molar-refractivity contribution in [1.29, 1.82) is 0 Å². The molecule has 11 heteroatoms. The van der Waals surface area contributed by atoms with Crippen LogP contribution >= 0.6 is 58.5 Å². The molecule has 0 spiro atoms. The number of carbonyl (C=O) groups is 2. The Morgan fingerprint density at radius 3 is 2.79 bits per heavy atom. The summed E-state index contributed by atoms with van der Waals surface area (Å²) in [6.45, 7) is 2.21. The number of hydrogen-bond acceptors (Lipinski definition) is 6. The van der Waals surface area contributed by atoms with Gasteiger partial charge in [0.2, 0.25) is 5.91 Å². The first kappa shape index (κ1) is 19.2. The van der Waals surface area contributed by atoms with E-state index in [1.54, 1.807) is 29.8 Å². The number of thioether (sulfide) groups is 1. The predicted octanol–water partition coefficient (Wildman–Crippen LogP) is 3.91. The van der Waals surface area contributed by atoms with Gasteiger partial charge in [-0.15, -0.1) is 5.10 Å². The van der Waals surface area contributed by atoms with E-state index in [9.17, 15) is 9.59 Å². The average molecular weight is 423 g/mol. The van der Waals surface area contributed by atoms with Gasteiger partial charge in [0.1, 0.15) is 0 Å². The molecule has 24 heavy (non-hydrogen) atoms. The fourth-order valence-electron chi connectivity index (χ4n) is 1.59. The molecule has 0 bridgehead atoms. The summed E-state index contributed by atoms with van der Waals surface area (Å²) in [4.78, 5) is 22.9. The van der Waals surface area contributed by atoms with Gasteiger partial charge in [-0.2, -0.15) is 0 Å². The van der Waals surface area contributed by atoms with Gasteiger partial charge in [0, 0.05) is 6.54 Å². The first-order valence-electron chi connectivity index (χ1n) is 6.66. The summed E-state index contributed by atoms with van der Waals surface area (Å²) in [6.07, 6.45) is 0. The second kappa shape index (κ2) is 8.82. The average Bonchev–Trinajstić information content (AvgIpc) is 2.89. The molecule has 0 aliphatic heterocycles. The molecule has 0 atom stereocenters. The summed E-state index contributed by atoms with van der Waals surface area (Å²) in [5.41, 5.74) is 0.685. The third kappa shape index (κ3) is 5.18. The van der Waals surface area contributed by atoms with Crippen LogP contribution in [0.15, 0.2) is 22.5 Å². The summed E-state index contributed by atoms with van der Waals surface area (Å²) in [5, 5.41) is 9.90. The van der Waals surface area contributed by atoms with E-state index in [0.29, 0.717) is 30.6 Å². The van der Waals surface area contributed by atoms with E-state index >= 15 is 0 Å². The molecule has 6 nitrogen and oxygen atoms in total. The number of nitrogens with one attached hydrogen (secondary N) is 2. The van der Waals surface area contributed by atoms with Gasteiger partial charge in [0.15, 0.2) is 8.29 Å². The fraction of sp³-hybridized carbons (Fsp3) is 0.231. The molecule has 3 amide bonds. The molecule has 2 rings (SSSR count). The molecule has 0 fully saturated rings. The van der Waals surface area contributed by atoms with Crippen molar-refractivity contribution in [3.63, 3.8) is 0 Å². The Kier molecular flexibility index (Phi) is 7.05. The Balaban J connectivity index is 2.04. The molecule has 2 N–H and O–H groups in total. The van der Waals surface area contributed by atoms with E-state index in [1.807, 2.05) is 0 Å². The molecule has 0 saturated heterocycles. The van der Waals surface area contributed by atoms with Crippen molar-refractivity contribution in [2.24, 2.45) is 0 Å². The second-order valence-corrected chi connectivity index (χ2v) is 8.00. The number of aromatic nitrogens is 2. The summed E-state index contributed by atoms with van der Waals surface area (Å²) >= 11 is 19.6. The zero-order valence-electron chi connectivity index (χ0n) is 12.3. The monoisotopic (exact) mass is 422 g/mol. The zero-order valence-corrected chi connectivity index (χ0v) is 16.3. The lowest BCUT2D eigenvalue weighted by molar-refractivity contribution is -0.117. The third-order valence-corrected chi connectivity index (χ3v) is 5.70. The van der Waals surface area contributed by atoms with E-state index in [1.165, 1.54) is 23.1 Å². The molecule has 0 radical (unpaired) electrons. The highest BCUT2D eigenvalue weighted by Crippen LogP contribution is 2.27. The second-order valence-electron chi connectivity index (χ2n) is 4.34. The normalized spacial score (nSPS) is 10.5. The molecule has 1 heterocycles. The van der Waals surface area contributed by atoms with Crippen LogP contribution in [-0.2, 0) is 4.79 Å². The number of nitrogens with zero attached hydrogens (tertiary/aromatic N) is 2. The van der Waals surface area contributed by atoms with Crippen LogP contribution in [0.1, 0.15) is 6.92 Å². The smallest absolute Gasteiger partial charge is 0.321 e. The van der Waals surface area contributed by atoms with Crippen LogP contribution in [-0.4, -0.2) is 34.0 Å². The van der Waals surface area contributed by atoms with Gasteiger partial charge in [-0.3, -0.25) is 10.1 Å². The minimum absolute atomic E-state index is 0.0563. The van der Waals surface area contributed by atoms with E-state index in [4.69, 9.17) is 35.4 Å². The van der Waals surface area contributed by atoms with Gasteiger partial charge in [0.25, 0.3) is 0 Å². The minimum atomic E-state index is -0.517. The maximum atomic E-state index is 11.7. The van der Waals surface area contributed by atoms with Crippen molar-refractivity contribution in [2.45, 2.75) is 11.3 Å². The van der Waals surface area contributed by atoms with Crippen molar-refractivity contribution in [3.05, 3.63) is 32.2 Å². The summed E-state index contributed by atoms with van der Waals surface area (Å²) in [7, 11) is 0. The van der Waals surface area contributed by atoms with Crippen LogP contribution < -0.4 is 10.6 Å². The van der Waals surface area contributed by atoms with Crippen molar-refractivity contribution in [3.8, 4) is 5.69 Å². The Labute approximate surface area is 161 Å². The van der Waals surface area contributed by atoms with E-state index in [0.717, 1.165) is 0 Å². The molecule has 1 aromatic heterocycles. The summed E-state index contributed by atoms with van der Waals surface area (Å²) in [5.74, 6) is -0.353. The predicted molar refractivity (Wildman–Crippen MR) is 100 cm³/mol. The highest BCUT2D eigenvalue weighted by Gasteiger charge is 2.12. The maximum absolute atomic E-state index is 11.7. The van der Waals surface area contributed by atoms with Crippen LogP contribution in [0.2, 0.25) is 10.0 Å². The third-order valence-electron chi connectivity index (χ3n) is 2.59. The lowest BCUT2D eigenvalue weighted by Gasteiger charge is -2.03. The number of imide groups is 1. The van der Waals surface area contributed by atoms with E-state index in [2.05, 4.69) is 15.7 Å². The molecular formula is C13H12Cl2N4O2S3. The molecule has 0 unspecified atom stereocenters. The standard InChI is InChI=1S/C13H12Cl2N4O2S3/c1-2-16-11(21)17-10(20)6-23-12-18-19(13(22)24-12)7-3-4-8(14)9(15)5-7/h3-5H,2,6H2,1H3,(H2,16,17,20,21). The molecule has 1 aromatic carbocycles. The van der Waals surface area contributed by atoms with E-state index in [-0.39, 0.29) is 5.75 Å². The highest BCUT2D eigenvalue weighted by molar-refractivity contribution is 8.01. The fourth-order valence-corrected chi connectivity index (χ4v) is 4.05. The van der Waals surface area contributed by atoms with Crippen molar-refractivity contribution in [1.82, 2.24) is 20.4 Å². The van der Waals surface area contributed by atoms with Gasteiger partial charge in [-0.25, -0.2) is 9.48 Å². The van der Waals surface area contributed by atoms with E-state index < -0.39 is 11.9 Å². The Morgan fingerprint density at radius 1 is 1.38 bits per heavy atom.